The molecule has 0 aliphatic carbocycles. The molecule has 0 bridgehead atoms. The van der Waals surface area contributed by atoms with Crippen molar-refractivity contribution >= 4 is 0 Å². The van der Waals surface area contributed by atoms with E-state index < -0.39 is 87.8 Å². The van der Waals surface area contributed by atoms with Crippen molar-refractivity contribution < 1.29 is 58.5 Å². The van der Waals surface area contributed by atoms with Gasteiger partial charge in [-0.15, -0.1) is 0 Å². The van der Waals surface area contributed by atoms with Crippen LogP contribution >= 0.6 is 0 Å². The maximum atomic E-state index is 13.8. The summed E-state index contributed by atoms with van der Waals surface area (Å²) in [6.07, 6.45) is 0. The molecule has 0 saturated heterocycles. The Morgan fingerprint density at radius 2 is 0.750 bits per heavy atom. The number of halogens is 10. The fourth-order valence-electron chi connectivity index (χ4n) is 2.42. The largest absolute Gasteiger partial charge is 0.451 e. The minimum absolute atomic E-state index is 0.259. The molecular formula is C19H6F10O3. The van der Waals surface area contributed by atoms with Crippen LogP contribution in [0.15, 0.2) is 18.2 Å². The second-order valence-corrected chi connectivity index (χ2v) is 5.97. The van der Waals surface area contributed by atoms with Crippen LogP contribution < -0.4 is 9.47 Å². The minimum Gasteiger partial charge on any atom is -0.451 e. The van der Waals surface area contributed by atoms with Crippen LogP contribution in [0.1, 0.15) is 5.56 Å². The highest BCUT2D eigenvalue weighted by molar-refractivity contribution is 5.44. The first kappa shape index (κ1) is 23.2. The molecule has 3 nitrogen and oxygen atoms in total. The van der Waals surface area contributed by atoms with E-state index in [1.165, 1.54) is 0 Å². The van der Waals surface area contributed by atoms with Gasteiger partial charge in [0.25, 0.3) is 0 Å². The van der Waals surface area contributed by atoms with Crippen molar-refractivity contribution in [3.8, 4) is 23.0 Å². The van der Waals surface area contributed by atoms with Crippen LogP contribution in [0, 0.1) is 58.2 Å². The average Bonchev–Trinajstić information content (AvgIpc) is 2.79. The van der Waals surface area contributed by atoms with Crippen LogP contribution in [0.5, 0.6) is 23.0 Å². The lowest BCUT2D eigenvalue weighted by Crippen LogP contribution is -2.05. The Balaban J connectivity index is 2.08. The van der Waals surface area contributed by atoms with Crippen molar-refractivity contribution in [1.82, 2.24) is 0 Å². The lowest BCUT2D eigenvalue weighted by atomic mass is 10.2. The van der Waals surface area contributed by atoms with Gasteiger partial charge in [-0.25, -0.2) is 26.3 Å². The molecule has 3 aromatic rings. The summed E-state index contributed by atoms with van der Waals surface area (Å²) in [5.74, 6) is -28.8. The van der Waals surface area contributed by atoms with Crippen molar-refractivity contribution in [3.63, 3.8) is 0 Å². The Labute approximate surface area is 171 Å². The molecular weight excluding hydrogens is 466 g/mol. The molecule has 3 rings (SSSR count). The lowest BCUT2D eigenvalue weighted by Gasteiger charge is -2.14. The van der Waals surface area contributed by atoms with E-state index >= 15 is 0 Å². The molecule has 0 atom stereocenters. The number of ether oxygens (including phenoxy) is 2. The maximum Gasteiger partial charge on any atom is 0.207 e. The van der Waals surface area contributed by atoms with Crippen LogP contribution in [-0.4, -0.2) is 5.11 Å². The van der Waals surface area contributed by atoms with Crippen LogP contribution in [-0.2, 0) is 6.61 Å². The Bertz CT molecular complexity index is 1080. The molecule has 1 N–H and O–H groups in total. The summed E-state index contributed by atoms with van der Waals surface area (Å²) in [7, 11) is 0. The van der Waals surface area contributed by atoms with Crippen LogP contribution in [0.4, 0.5) is 43.9 Å². The molecule has 0 aromatic heterocycles. The van der Waals surface area contributed by atoms with Gasteiger partial charge in [0.1, 0.15) is 11.5 Å². The second-order valence-electron chi connectivity index (χ2n) is 5.97. The summed E-state index contributed by atoms with van der Waals surface area (Å²) in [5, 5.41) is 9.24. The van der Waals surface area contributed by atoms with E-state index in [1.54, 1.807) is 0 Å². The van der Waals surface area contributed by atoms with E-state index in [0.29, 0.717) is 6.07 Å². The molecule has 0 spiro atoms. The maximum absolute atomic E-state index is 13.8. The Morgan fingerprint density at radius 3 is 1.03 bits per heavy atom. The van der Waals surface area contributed by atoms with E-state index in [0.717, 1.165) is 12.1 Å². The number of benzene rings is 3. The van der Waals surface area contributed by atoms with Crippen molar-refractivity contribution in [2.24, 2.45) is 0 Å². The van der Waals surface area contributed by atoms with Crippen molar-refractivity contribution in [2.75, 3.05) is 0 Å². The molecule has 0 aliphatic rings. The first-order valence-electron chi connectivity index (χ1n) is 8.11. The van der Waals surface area contributed by atoms with Crippen LogP contribution in [0.25, 0.3) is 0 Å². The van der Waals surface area contributed by atoms with Gasteiger partial charge in [-0.3, -0.25) is 0 Å². The van der Waals surface area contributed by atoms with Gasteiger partial charge in [0.15, 0.2) is 0 Å². The number of aliphatic hydroxyl groups excluding tert-OH is 1. The first-order chi connectivity index (χ1) is 15.0. The summed E-state index contributed by atoms with van der Waals surface area (Å²) >= 11 is 0. The SMILES string of the molecule is OCc1cc(Oc2c(F)c(F)c(F)c(F)c2F)cc(Oc2c(F)c(F)c(F)c(F)c2F)c1. The molecule has 0 saturated carbocycles. The first-order valence-corrected chi connectivity index (χ1v) is 8.11. The average molecular weight is 472 g/mol. The zero-order valence-corrected chi connectivity index (χ0v) is 15.0. The fraction of sp³-hybridized carbons (Fsp3) is 0.0526. The monoisotopic (exact) mass is 472 g/mol. The summed E-state index contributed by atoms with van der Waals surface area (Å²) in [6, 6.07) is 2.18. The zero-order chi connectivity index (χ0) is 23.9. The summed E-state index contributed by atoms with van der Waals surface area (Å²) in [5.41, 5.74) is -0.259. The van der Waals surface area contributed by atoms with E-state index in [1.807, 2.05) is 0 Å². The van der Waals surface area contributed by atoms with Gasteiger partial charge in [-0.05, 0) is 17.7 Å². The number of hydrogen-bond acceptors (Lipinski definition) is 3. The van der Waals surface area contributed by atoms with Gasteiger partial charge < -0.3 is 14.6 Å². The second kappa shape index (κ2) is 8.57. The molecule has 0 heterocycles. The van der Waals surface area contributed by atoms with Gasteiger partial charge in [0.05, 0.1) is 6.61 Å². The topological polar surface area (TPSA) is 38.7 Å². The molecule has 0 fully saturated rings. The molecule has 3 aromatic carbocycles. The molecule has 0 amide bonds. The van der Waals surface area contributed by atoms with Gasteiger partial charge in [0, 0.05) is 6.07 Å². The third-order valence-corrected chi connectivity index (χ3v) is 3.90. The fourth-order valence-corrected chi connectivity index (χ4v) is 2.42. The Morgan fingerprint density at radius 1 is 0.469 bits per heavy atom. The highest BCUT2D eigenvalue weighted by atomic mass is 19.2. The molecule has 0 aliphatic heterocycles. The van der Waals surface area contributed by atoms with Gasteiger partial charge in [0.2, 0.25) is 69.7 Å². The molecule has 0 unspecified atom stereocenters. The van der Waals surface area contributed by atoms with Crippen molar-refractivity contribution in [2.45, 2.75) is 6.61 Å². The quantitative estimate of drug-likeness (QED) is 0.275. The van der Waals surface area contributed by atoms with Crippen LogP contribution in [0.3, 0.4) is 0 Å². The number of rotatable bonds is 5. The highest BCUT2D eigenvalue weighted by Gasteiger charge is 2.29. The van der Waals surface area contributed by atoms with Gasteiger partial charge in [-0.2, -0.15) is 17.6 Å². The molecule has 13 heteroatoms. The third kappa shape index (κ3) is 3.90. The van der Waals surface area contributed by atoms with Crippen LogP contribution in [0.2, 0.25) is 0 Å². The predicted octanol–water partition coefficient (Wildman–Crippen LogP) is 6.15. The van der Waals surface area contributed by atoms with Gasteiger partial charge >= 0.3 is 0 Å². The summed E-state index contributed by atoms with van der Waals surface area (Å²) in [4.78, 5) is 0. The van der Waals surface area contributed by atoms with E-state index in [-0.39, 0.29) is 5.56 Å². The van der Waals surface area contributed by atoms with Crippen molar-refractivity contribution in [1.29, 1.82) is 0 Å². The standard InChI is InChI=1S/C19H6F10O3/c20-8-10(22)14(26)18(15(27)11(8)23)31-6-1-5(4-30)2-7(3-6)32-19-16(28)12(24)9(21)13(25)17(19)29/h1-3,30H,4H2. The molecule has 32 heavy (non-hydrogen) atoms. The third-order valence-electron chi connectivity index (χ3n) is 3.90. The molecule has 0 radical (unpaired) electrons. The predicted molar refractivity (Wildman–Crippen MR) is 85.0 cm³/mol. The summed E-state index contributed by atoms with van der Waals surface area (Å²) < 4.78 is 144. The van der Waals surface area contributed by atoms with E-state index in [9.17, 15) is 49.0 Å². The summed E-state index contributed by atoms with van der Waals surface area (Å²) in [6.45, 7) is -0.873. The smallest absolute Gasteiger partial charge is 0.207 e. The van der Waals surface area contributed by atoms with Crippen molar-refractivity contribution in [3.05, 3.63) is 81.9 Å². The Hall–Kier alpha value is -3.48. The zero-order valence-electron chi connectivity index (χ0n) is 15.0. The number of hydrogen-bond donors (Lipinski definition) is 1. The van der Waals surface area contributed by atoms with E-state index in [4.69, 9.17) is 0 Å². The highest BCUT2D eigenvalue weighted by Crippen LogP contribution is 2.37. The lowest BCUT2D eigenvalue weighted by molar-refractivity contribution is 0.279. The van der Waals surface area contributed by atoms with E-state index in [2.05, 4.69) is 9.47 Å². The Kier molecular flexibility index (Phi) is 6.21. The molecule has 170 valence electrons. The van der Waals surface area contributed by atoms with Gasteiger partial charge in [-0.1, -0.05) is 0 Å². The minimum atomic E-state index is -2.47. The normalized spacial score (nSPS) is 11.1. The number of aliphatic hydroxyl groups is 1.